The summed E-state index contributed by atoms with van der Waals surface area (Å²) < 4.78 is 28.3. The maximum absolute atomic E-state index is 14.1. The van der Waals surface area contributed by atoms with Crippen LogP contribution >= 0.6 is 0 Å². The second-order valence-corrected chi connectivity index (χ2v) is 9.94. The zero-order valence-corrected chi connectivity index (χ0v) is 22.0. The summed E-state index contributed by atoms with van der Waals surface area (Å²) in [5.74, 6) is -4.57. The Balaban J connectivity index is 1.52. The molecule has 1 heterocycles. The highest BCUT2D eigenvalue weighted by molar-refractivity contribution is 6.05. The second kappa shape index (κ2) is 11.2. The molecule has 1 amide bonds. The van der Waals surface area contributed by atoms with E-state index in [1.54, 1.807) is 12.3 Å². The van der Waals surface area contributed by atoms with Crippen molar-refractivity contribution in [3.8, 4) is 11.3 Å². The minimum Gasteiger partial charge on any atom is -0.480 e. The number of carboxylic acids is 1. The van der Waals surface area contributed by atoms with E-state index in [0.29, 0.717) is 5.56 Å². The molecule has 202 valence electrons. The van der Waals surface area contributed by atoms with Crippen molar-refractivity contribution in [2.24, 2.45) is 0 Å². The average molecular weight is 540 g/mol. The van der Waals surface area contributed by atoms with Gasteiger partial charge >= 0.3 is 5.97 Å². The lowest BCUT2D eigenvalue weighted by Gasteiger charge is -2.17. The summed E-state index contributed by atoms with van der Waals surface area (Å²) in [6, 6.07) is 21.2. The number of carboxylic acid groups (broad SMARTS) is 1. The van der Waals surface area contributed by atoms with Crippen molar-refractivity contribution in [2.45, 2.75) is 19.0 Å². The molecule has 0 radical (unpaired) electrons. The molecule has 8 heteroatoms. The Bertz CT molecular complexity index is 1730. The molecule has 0 saturated carbocycles. The molecule has 0 aliphatic rings. The molecule has 0 aliphatic heterocycles. The molecule has 0 unspecified atom stereocenters. The standard InChI is InChI=1S/C32H27F2N3O3/c1-37(2)18-19-12-13-23-21(16-19)14-15-35-30(23)25-9-4-7-22-20(6-3-8-24(22)25)17-28(32(39)40)36-31(38)29-26(33)10-5-11-27(29)34/h3-16,28H,17-18H2,1-2H3,(H,36,38)(H,39,40)/t28-/m0/s1. The zero-order valence-electron chi connectivity index (χ0n) is 22.0. The average Bonchev–Trinajstić information content (AvgIpc) is 2.91. The number of nitrogens with zero attached hydrogens (tertiary/aromatic N) is 2. The minimum absolute atomic E-state index is 0.0885. The molecule has 5 aromatic rings. The summed E-state index contributed by atoms with van der Waals surface area (Å²) in [6.07, 6.45) is 1.69. The smallest absolute Gasteiger partial charge is 0.326 e. The molecule has 4 aromatic carbocycles. The number of halogens is 2. The van der Waals surface area contributed by atoms with Gasteiger partial charge < -0.3 is 15.3 Å². The Hall–Kier alpha value is -4.69. The van der Waals surface area contributed by atoms with Crippen LogP contribution in [0.1, 0.15) is 21.5 Å². The van der Waals surface area contributed by atoms with E-state index in [4.69, 9.17) is 4.98 Å². The van der Waals surface area contributed by atoms with Crippen molar-refractivity contribution in [2.75, 3.05) is 14.1 Å². The maximum Gasteiger partial charge on any atom is 0.326 e. The van der Waals surface area contributed by atoms with Crippen molar-refractivity contribution in [1.82, 2.24) is 15.2 Å². The Kier molecular flexibility index (Phi) is 7.53. The molecule has 1 atom stereocenters. The van der Waals surface area contributed by atoms with Gasteiger partial charge in [-0.2, -0.15) is 0 Å². The summed E-state index contributed by atoms with van der Waals surface area (Å²) in [6.45, 7) is 0.816. The maximum atomic E-state index is 14.1. The van der Waals surface area contributed by atoms with Gasteiger partial charge in [0.25, 0.3) is 5.91 Å². The van der Waals surface area contributed by atoms with Crippen molar-refractivity contribution in [3.63, 3.8) is 0 Å². The molecule has 0 aliphatic carbocycles. The van der Waals surface area contributed by atoms with E-state index in [0.717, 1.165) is 57.5 Å². The number of pyridine rings is 1. The highest BCUT2D eigenvalue weighted by atomic mass is 19.1. The van der Waals surface area contributed by atoms with E-state index in [9.17, 15) is 23.5 Å². The third kappa shape index (κ3) is 5.39. The van der Waals surface area contributed by atoms with Crippen LogP contribution in [0.15, 0.2) is 85.1 Å². The summed E-state index contributed by atoms with van der Waals surface area (Å²) in [5.41, 5.74) is 2.72. The molecule has 2 N–H and O–H groups in total. The zero-order chi connectivity index (χ0) is 28.4. The molecule has 0 saturated heterocycles. The fourth-order valence-corrected chi connectivity index (χ4v) is 5.03. The Morgan fingerprint density at radius 1 is 0.900 bits per heavy atom. The number of amides is 1. The van der Waals surface area contributed by atoms with Crippen LogP contribution in [0, 0.1) is 11.6 Å². The van der Waals surface area contributed by atoms with Gasteiger partial charge in [0.1, 0.15) is 23.2 Å². The minimum atomic E-state index is -1.41. The monoisotopic (exact) mass is 539 g/mol. The highest BCUT2D eigenvalue weighted by Gasteiger charge is 2.25. The van der Waals surface area contributed by atoms with Gasteiger partial charge in [-0.3, -0.25) is 9.78 Å². The number of nitrogens with one attached hydrogen (secondary N) is 1. The molecular weight excluding hydrogens is 512 g/mol. The number of rotatable bonds is 8. The molecular formula is C32H27F2N3O3. The van der Waals surface area contributed by atoms with E-state index >= 15 is 0 Å². The van der Waals surface area contributed by atoms with Gasteiger partial charge in [-0.05, 0) is 65.6 Å². The van der Waals surface area contributed by atoms with Crippen LogP contribution in [0.5, 0.6) is 0 Å². The van der Waals surface area contributed by atoms with E-state index in [1.807, 2.05) is 50.5 Å². The van der Waals surface area contributed by atoms with E-state index in [1.165, 1.54) is 5.56 Å². The lowest BCUT2D eigenvalue weighted by Crippen LogP contribution is -2.43. The molecule has 5 rings (SSSR count). The van der Waals surface area contributed by atoms with Crippen molar-refractivity contribution < 1.29 is 23.5 Å². The fraction of sp³-hybridized carbons (Fsp3) is 0.156. The van der Waals surface area contributed by atoms with Crippen LogP contribution in [-0.2, 0) is 17.8 Å². The van der Waals surface area contributed by atoms with E-state index in [2.05, 4.69) is 28.4 Å². The van der Waals surface area contributed by atoms with Gasteiger partial charge in [0.2, 0.25) is 0 Å². The van der Waals surface area contributed by atoms with Gasteiger partial charge in [0.05, 0.1) is 5.69 Å². The van der Waals surface area contributed by atoms with Crippen LogP contribution in [-0.4, -0.2) is 47.0 Å². The summed E-state index contributed by atoms with van der Waals surface area (Å²) in [4.78, 5) is 31.5. The van der Waals surface area contributed by atoms with Gasteiger partial charge in [-0.15, -0.1) is 0 Å². The first-order chi connectivity index (χ1) is 19.2. The van der Waals surface area contributed by atoms with Gasteiger partial charge in [-0.25, -0.2) is 13.6 Å². The number of fused-ring (bicyclic) bond motifs is 2. The van der Waals surface area contributed by atoms with E-state index < -0.39 is 35.1 Å². The lowest BCUT2D eigenvalue weighted by molar-refractivity contribution is -0.139. The molecule has 0 spiro atoms. The number of hydrogen-bond acceptors (Lipinski definition) is 4. The number of benzene rings is 4. The SMILES string of the molecule is CN(C)Cc1ccc2c(-c3cccc4c(C[C@H](NC(=O)c5c(F)cccc5F)C(=O)O)cccc34)nccc2c1. The van der Waals surface area contributed by atoms with Gasteiger partial charge in [0, 0.05) is 30.1 Å². The largest absolute Gasteiger partial charge is 0.480 e. The summed E-state index contributed by atoms with van der Waals surface area (Å²) >= 11 is 0. The van der Waals surface area contributed by atoms with Crippen molar-refractivity contribution in [1.29, 1.82) is 0 Å². The predicted octanol–water partition coefficient (Wildman–Crippen LogP) is 5.82. The van der Waals surface area contributed by atoms with Crippen LogP contribution in [0.4, 0.5) is 8.78 Å². The van der Waals surface area contributed by atoms with Gasteiger partial charge in [-0.1, -0.05) is 54.6 Å². The first-order valence-corrected chi connectivity index (χ1v) is 12.7. The second-order valence-electron chi connectivity index (χ2n) is 9.94. The lowest BCUT2D eigenvalue weighted by atomic mass is 9.93. The predicted molar refractivity (Wildman–Crippen MR) is 151 cm³/mol. The van der Waals surface area contributed by atoms with Crippen LogP contribution in [0.3, 0.4) is 0 Å². The normalized spacial score (nSPS) is 12.1. The van der Waals surface area contributed by atoms with Crippen LogP contribution in [0.2, 0.25) is 0 Å². The first-order valence-electron chi connectivity index (χ1n) is 12.7. The third-order valence-corrected chi connectivity index (χ3v) is 6.81. The molecule has 40 heavy (non-hydrogen) atoms. The molecule has 1 aromatic heterocycles. The summed E-state index contributed by atoms with van der Waals surface area (Å²) in [5, 5.41) is 15.8. The number of aliphatic carboxylic acids is 1. The van der Waals surface area contributed by atoms with Crippen molar-refractivity contribution in [3.05, 3.63) is 113 Å². The third-order valence-electron chi connectivity index (χ3n) is 6.81. The van der Waals surface area contributed by atoms with E-state index in [-0.39, 0.29) is 6.42 Å². The molecule has 0 fully saturated rings. The topological polar surface area (TPSA) is 82.5 Å². The Labute approximate surface area is 229 Å². The summed E-state index contributed by atoms with van der Waals surface area (Å²) in [7, 11) is 4.04. The van der Waals surface area contributed by atoms with Crippen LogP contribution in [0.25, 0.3) is 32.8 Å². The van der Waals surface area contributed by atoms with Crippen LogP contribution < -0.4 is 5.32 Å². The highest BCUT2D eigenvalue weighted by Crippen LogP contribution is 2.34. The number of carbonyl (C=O) groups excluding carboxylic acids is 1. The molecule has 0 bridgehead atoms. The number of carbonyl (C=O) groups is 2. The van der Waals surface area contributed by atoms with Crippen molar-refractivity contribution >= 4 is 33.4 Å². The number of aromatic nitrogens is 1. The number of hydrogen-bond donors (Lipinski definition) is 2. The van der Waals surface area contributed by atoms with Gasteiger partial charge in [0.15, 0.2) is 0 Å². The molecule has 6 nitrogen and oxygen atoms in total. The Morgan fingerprint density at radius 3 is 2.33 bits per heavy atom. The Morgan fingerprint density at radius 2 is 1.60 bits per heavy atom. The quantitative estimate of drug-likeness (QED) is 0.260. The first kappa shape index (κ1) is 26.9. The fourth-order valence-electron chi connectivity index (χ4n) is 5.03.